The second-order valence-electron chi connectivity index (χ2n) is 4.15. The second kappa shape index (κ2) is 5.07. The van der Waals surface area contributed by atoms with Crippen molar-refractivity contribution in [3.05, 3.63) is 0 Å². The van der Waals surface area contributed by atoms with E-state index in [2.05, 4.69) is 10.6 Å². The van der Waals surface area contributed by atoms with E-state index >= 15 is 0 Å². The molecule has 0 radical (unpaired) electrons. The SMILES string of the molecule is CCC(O)CNC(=O)NC(C)(C)C. The molecule has 0 aromatic carbocycles. The van der Waals surface area contributed by atoms with Gasteiger partial charge < -0.3 is 15.7 Å². The van der Waals surface area contributed by atoms with Crippen molar-refractivity contribution in [1.29, 1.82) is 0 Å². The molecule has 0 aliphatic rings. The predicted octanol–water partition coefficient (Wildman–Crippen LogP) is 0.855. The van der Waals surface area contributed by atoms with Crippen molar-refractivity contribution in [2.75, 3.05) is 6.54 Å². The summed E-state index contributed by atoms with van der Waals surface area (Å²) in [6.07, 6.45) is 0.196. The van der Waals surface area contributed by atoms with Crippen LogP contribution in [0.4, 0.5) is 4.79 Å². The summed E-state index contributed by atoms with van der Waals surface area (Å²) in [6, 6.07) is -0.236. The number of nitrogens with one attached hydrogen (secondary N) is 2. The summed E-state index contributed by atoms with van der Waals surface area (Å²) in [5.74, 6) is 0. The van der Waals surface area contributed by atoms with Crippen LogP contribution < -0.4 is 10.6 Å². The molecular formula is C9H20N2O2. The minimum atomic E-state index is -0.453. The number of aliphatic hydroxyl groups is 1. The zero-order chi connectivity index (χ0) is 10.5. The van der Waals surface area contributed by atoms with E-state index in [1.54, 1.807) is 0 Å². The molecule has 0 saturated carbocycles. The molecule has 0 aliphatic heterocycles. The first kappa shape index (κ1) is 12.2. The van der Waals surface area contributed by atoms with Crippen molar-refractivity contribution in [2.45, 2.75) is 45.8 Å². The van der Waals surface area contributed by atoms with Crippen LogP contribution >= 0.6 is 0 Å². The Morgan fingerprint density at radius 3 is 2.38 bits per heavy atom. The van der Waals surface area contributed by atoms with Crippen molar-refractivity contribution in [2.24, 2.45) is 0 Å². The van der Waals surface area contributed by atoms with Crippen LogP contribution in [-0.4, -0.2) is 29.3 Å². The molecule has 1 atom stereocenters. The fourth-order valence-electron chi connectivity index (χ4n) is 0.740. The third-order valence-corrected chi connectivity index (χ3v) is 1.46. The number of hydrogen-bond donors (Lipinski definition) is 3. The van der Waals surface area contributed by atoms with E-state index in [4.69, 9.17) is 5.11 Å². The van der Waals surface area contributed by atoms with Crippen LogP contribution in [-0.2, 0) is 0 Å². The minimum absolute atomic E-state index is 0.235. The second-order valence-corrected chi connectivity index (χ2v) is 4.15. The van der Waals surface area contributed by atoms with Gasteiger partial charge in [-0.25, -0.2) is 4.79 Å². The van der Waals surface area contributed by atoms with Gasteiger partial charge in [-0.2, -0.15) is 0 Å². The first-order chi connectivity index (χ1) is 5.85. The van der Waals surface area contributed by atoms with Gasteiger partial charge in [-0.1, -0.05) is 6.92 Å². The van der Waals surface area contributed by atoms with Gasteiger partial charge in [-0.15, -0.1) is 0 Å². The molecule has 0 aromatic rings. The number of urea groups is 1. The van der Waals surface area contributed by atoms with Gasteiger partial charge >= 0.3 is 6.03 Å². The average molecular weight is 188 g/mol. The topological polar surface area (TPSA) is 61.4 Å². The monoisotopic (exact) mass is 188 g/mol. The van der Waals surface area contributed by atoms with Crippen molar-refractivity contribution in [1.82, 2.24) is 10.6 Å². The van der Waals surface area contributed by atoms with Gasteiger partial charge in [0.2, 0.25) is 0 Å². The predicted molar refractivity (Wildman–Crippen MR) is 52.6 cm³/mol. The Labute approximate surface area is 79.7 Å². The maximum Gasteiger partial charge on any atom is 0.315 e. The summed E-state index contributed by atoms with van der Waals surface area (Å²) >= 11 is 0. The molecule has 1 unspecified atom stereocenters. The molecule has 0 bridgehead atoms. The molecule has 0 aliphatic carbocycles. The van der Waals surface area contributed by atoms with E-state index in [1.165, 1.54) is 0 Å². The van der Waals surface area contributed by atoms with E-state index in [9.17, 15) is 4.79 Å². The van der Waals surface area contributed by atoms with Crippen LogP contribution in [0.3, 0.4) is 0 Å². The molecule has 0 fully saturated rings. The van der Waals surface area contributed by atoms with Gasteiger partial charge in [0.05, 0.1) is 6.10 Å². The van der Waals surface area contributed by atoms with Crippen LogP contribution in [0.2, 0.25) is 0 Å². The Morgan fingerprint density at radius 1 is 1.46 bits per heavy atom. The molecule has 0 heterocycles. The summed E-state index contributed by atoms with van der Waals surface area (Å²) < 4.78 is 0. The van der Waals surface area contributed by atoms with Gasteiger partial charge in [0.25, 0.3) is 0 Å². The average Bonchev–Trinajstić information content (AvgIpc) is 1.97. The van der Waals surface area contributed by atoms with Crippen LogP contribution in [0.15, 0.2) is 0 Å². The van der Waals surface area contributed by atoms with Crippen molar-refractivity contribution in [3.8, 4) is 0 Å². The molecule has 0 saturated heterocycles. The van der Waals surface area contributed by atoms with Gasteiger partial charge in [0, 0.05) is 12.1 Å². The van der Waals surface area contributed by atoms with Gasteiger partial charge in [0.15, 0.2) is 0 Å². The fourth-order valence-corrected chi connectivity index (χ4v) is 0.740. The largest absolute Gasteiger partial charge is 0.391 e. The Kier molecular flexibility index (Phi) is 4.77. The Morgan fingerprint density at radius 2 is 2.00 bits per heavy atom. The molecule has 78 valence electrons. The lowest BCUT2D eigenvalue weighted by molar-refractivity contribution is 0.165. The van der Waals surface area contributed by atoms with Crippen LogP contribution in [0.25, 0.3) is 0 Å². The highest BCUT2D eigenvalue weighted by Gasteiger charge is 2.13. The van der Waals surface area contributed by atoms with E-state index in [1.807, 2.05) is 27.7 Å². The van der Waals surface area contributed by atoms with Crippen LogP contribution in [0, 0.1) is 0 Å². The lowest BCUT2D eigenvalue weighted by Gasteiger charge is -2.21. The highest BCUT2D eigenvalue weighted by atomic mass is 16.3. The first-order valence-electron chi connectivity index (χ1n) is 4.59. The third kappa shape index (κ3) is 7.59. The van der Waals surface area contributed by atoms with Gasteiger partial charge in [-0.3, -0.25) is 0 Å². The standard InChI is InChI=1S/C9H20N2O2/c1-5-7(12)6-10-8(13)11-9(2,3)4/h7,12H,5-6H2,1-4H3,(H2,10,11,13). The minimum Gasteiger partial charge on any atom is -0.391 e. The number of amides is 2. The summed E-state index contributed by atoms with van der Waals surface area (Å²) in [4.78, 5) is 11.1. The number of aliphatic hydroxyl groups excluding tert-OH is 1. The molecule has 13 heavy (non-hydrogen) atoms. The van der Waals surface area contributed by atoms with E-state index in [0.717, 1.165) is 0 Å². The summed E-state index contributed by atoms with van der Waals surface area (Å²) in [6.45, 7) is 7.89. The summed E-state index contributed by atoms with van der Waals surface area (Å²) in [5.41, 5.74) is -0.235. The van der Waals surface area contributed by atoms with Gasteiger partial charge in [-0.05, 0) is 27.2 Å². The van der Waals surface area contributed by atoms with Gasteiger partial charge in [0.1, 0.15) is 0 Å². The van der Waals surface area contributed by atoms with Crippen molar-refractivity contribution < 1.29 is 9.90 Å². The van der Waals surface area contributed by atoms with E-state index in [0.29, 0.717) is 13.0 Å². The first-order valence-corrected chi connectivity index (χ1v) is 4.59. The Bertz CT molecular complexity index is 163. The molecule has 0 rings (SSSR count). The maximum atomic E-state index is 11.1. The normalized spacial score (nSPS) is 13.6. The zero-order valence-corrected chi connectivity index (χ0v) is 8.85. The van der Waals surface area contributed by atoms with E-state index < -0.39 is 6.10 Å². The fraction of sp³-hybridized carbons (Fsp3) is 0.889. The highest BCUT2D eigenvalue weighted by molar-refractivity contribution is 5.74. The lowest BCUT2D eigenvalue weighted by atomic mass is 10.1. The quantitative estimate of drug-likeness (QED) is 0.615. The number of carbonyl (C=O) groups excluding carboxylic acids is 1. The molecule has 4 heteroatoms. The Hall–Kier alpha value is -0.770. The highest BCUT2D eigenvalue weighted by Crippen LogP contribution is 1.97. The van der Waals surface area contributed by atoms with E-state index in [-0.39, 0.29) is 11.6 Å². The summed E-state index contributed by atoms with van der Waals surface area (Å²) in [5, 5.41) is 14.5. The smallest absolute Gasteiger partial charge is 0.315 e. The number of carbonyl (C=O) groups is 1. The molecule has 3 N–H and O–H groups in total. The molecule has 4 nitrogen and oxygen atoms in total. The van der Waals surface area contributed by atoms with Crippen molar-refractivity contribution in [3.63, 3.8) is 0 Å². The Balaban J connectivity index is 3.64. The summed E-state index contributed by atoms with van der Waals surface area (Å²) in [7, 11) is 0. The zero-order valence-electron chi connectivity index (χ0n) is 8.85. The lowest BCUT2D eigenvalue weighted by Crippen LogP contribution is -2.48. The number of rotatable bonds is 3. The molecular weight excluding hydrogens is 168 g/mol. The van der Waals surface area contributed by atoms with Crippen LogP contribution in [0.5, 0.6) is 0 Å². The van der Waals surface area contributed by atoms with Crippen LogP contribution in [0.1, 0.15) is 34.1 Å². The molecule has 2 amide bonds. The third-order valence-electron chi connectivity index (χ3n) is 1.46. The maximum absolute atomic E-state index is 11.1. The molecule has 0 spiro atoms. The molecule has 0 aromatic heterocycles. The number of hydrogen-bond acceptors (Lipinski definition) is 2. The van der Waals surface area contributed by atoms with Crippen molar-refractivity contribution >= 4 is 6.03 Å².